The molecule has 33 heavy (non-hydrogen) atoms. The Hall–Kier alpha value is -2.15. The van der Waals surface area contributed by atoms with Gasteiger partial charge in [0.2, 0.25) is 5.78 Å². The second-order valence-corrected chi connectivity index (χ2v) is 9.67. The summed E-state index contributed by atoms with van der Waals surface area (Å²) in [6, 6.07) is 9.18. The Balaban J connectivity index is 1.79. The molecule has 1 heterocycles. The predicted molar refractivity (Wildman–Crippen MR) is 135 cm³/mol. The smallest absolute Gasteiger partial charge is 0.433 e. The average molecular weight is 521 g/mol. The molecule has 0 bridgehead atoms. The van der Waals surface area contributed by atoms with Gasteiger partial charge in [-0.15, -0.1) is 0 Å². The summed E-state index contributed by atoms with van der Waals surface area (Å²) in [7, 11) is 0. The average Bonchev–Trinajstić information content (AvgIpc) is 3.01. The fraction of sp³-hybridized carbons (Fsp3) is 0.577. The number of halogens is 1. The Morgan fingerprint density at radius 3 is 2.12 bits per heavy atom. The first-order chi connectivity index (χ1) is 15.9. The van der Waals surface area contributed by atoms with Crippen molar-refractivity contribution in [3.05, 3.63) is 46.1 Å². The lowest BCUT2D eigenvalue weighted by molar-refractivity contribution is -0.126. The molecule has 182 valence electrons. The van der Waals surface area contributed by atoms with Crippen LogP contribution in [-0.4, -0.2) is 29.7 Å². The predicted octanol–water partition coefficient (Wildman–Crippen LogP) is 7.02. The van der Waals surface area contributed by atoms with E-state index in [0.29, 0.717) is 12.1 Å². The van der Waals surface area contributed by atoms with E-state index in [1.165, 1.54) is 51.4 Å². The highest BCUT2D eigenvalue weighted by Gasteiger charge is 2.43. The van der Waals surface area contributed by atoms with Crippen molar-refractivity contribution in [3.63, 3.8) is 0 Å². The number of nitrogens with zero attached hydrogens (tertiary/aromatic N) is 1. The van der Waals surface area contributed by atoms with E-state index in [4.69, 9.17) is 9.57 Å². The first-order valence-corrected chi connectivity index (χ1v) is 12.9. The largest absolute Gasteiger partial charge is 0.476 e. The van der Waals surface area contributed by atoms with Crippen LogP contribution >= 0.6 is 15.9 Å². The van der Waals surface area contributed by atoms with Gasteiger partial charge in [-0.3, -0.25) is 9.63 Å². The van der Waals surface area contributed by atoms with Crippen LogP contribution < -0.4 is 5.32 Å². The molecule has 0 unspecified atom stereocenters. The zero-order chi connectivity index (χ0) is 24.1. The third kappa shape index (κ3) is 8.95. The standard InChI is InChI=1S/C26H37BrN2O4/c1-4-5-6-7-8-9-10-11-12-16-19-28-25(31)33-29-22(20-17-14-13-15-18-20)23-21(27)24(30)26(2,3)32-23/h13-15,17-18H,4-12,16,19H2,1-3H3,(H,28,31)/b29-22-. The molecule has 2 rings (SSSR count). The summed E-state index contributed by atoms with van der Waals surface area (Å²) < 4.78 is 6.12. The summed E-state index contributed by atoms with van der Waals surface area (Å²) in [5.74, 6) is 0.0743. The summed E-state index contributed by atoms with van der Waals surface area (Å²) in [5.41, 5.74) is -0.0467. The molecule has 0 saturated heterocycles. The van der Waals surface area contributed by atoms with E-state index in [-0.39, 0.29) is 21.7 Å². The van der Waals surface area contributed by atoms with Crippen LogP contribution in [0, 0.1) is 0 Å². The molecule has 0 aliphatic carbocycles. The van der Waals surface area contributed by atoms with Crippen LogP contribution in [0.2, 0.25) is 0 Å². The molecule has 1 N–H and O–H groups in total. The minimum absolute atomic E-state index is 0.188. The van der Waals surface area contributed by atoms with Gasteiger partial charge >= 0.3 is 6.09 Å². The Labute approximate surface area is 206 Å². The number of carbonyl (C=O) groups excluding carboxylic acids is 2. The second kappa shape index (κ2) is 14.2. The molecule has 1 aliphatic rings. The number of hydrogen-bond acceptors (Lipinski definition) is 5. The zero-order valence-corrected chi connectivity index (χ0v) is 21.7. The van der Waals surface area contributed by atoms with Crippen molar-refractivity contribution >= 4 is 33.5 Å². The summed E-state index contributed by atoms with van der Waals surface area (Å²) in [5, 5.41) is 6.77. The number of ether oxygens (including phenoxy) is 1. The lowest BCUT2D eigenvalue weighted by Gasteiger charge is -2.18. The minimum Gasteiger partial charge on any atom is -0.476 e. The monoisotopic (exact) mass is 520 g/mol. The summed E-state index contributed by atoms with van der Waals surface area (Å²) in [6.07, 6.45) is 11.7. The van der Waals surface area contributed by atoms with Crippen LogP contribution in [-0.2, 0) is 14.4 Å². The van der Waals surface area contributed by atoms with Gasteiger partial charge in [-0.05, 0) is 36.2 Å². The van der Waals surface area contributed by atoms with E-state index in [1.807, 2.05) is 30.3 Å². The number of Topliss-reactive ketones (excluding diaryl/α,β-unsaturated/α-hetero) is 1. The quantitative estimate of drug-likeness (QED) is 0.124. The molecule has 6 nitrogen and oxygen atoms in total. The van der Waals surface area contributed by atoms with Crippen molar-refractivity contribution in [2.75, 3.05) is 6.54 Å². The molecule has 0 atom stereocenters. The van der Waals surface area contributed by atoms with Crippen LogP contribution in [0.1, 0.15) is 90.5 Å². The molecule has 0 spiro atoms. The van der Waals surface area contributed by atoms with E-state index < -0.39 is 11.7 Å². The lowest BCUT2D eigenvalue weighted by Crippen LogP contribution is -2.29. The van der Waals surface area contributed by atoms with Crippen LogP contribution in [0.3, 0.4) is 0 Å². The van der Waals surface area contributed by atoms with Crippen molar-refractivity contribution in [2.24, 2.45) is 5.16 Å². The van der Waals surface area contributed by atoms with Crippen LogP contribution in [0.25, 0.3) is 0 Å². The second-order valence-electron chi connectivity index (χ2n) is 8.88. The van der Waals surface area contributed by atoms with Gasteiger partial charge in [0.15, 0.2) is 17.1 Å². The number of benzene rings is 1. The first-order valence-electron chi connectivity index (χ1n) is 12.1. The molecule has 1 aliphatic heterocycles. The van der Waals surface area contributed by atoms with Crippen LogP contribution in [0.5, 0.6) is 0 Å². The summed E-state index contributed by atoms with van der Waals surface area (Å²) in [6.45, 7) is 6.15. The molecular weight excluding hydrogens is 484 g/mol. The van der Waals surface area contributed by atoms with Crippen molar-refractivity contribution in [3.8, 4) is 0 Å². The maximum Gasteiger partial charge on any atom is 0.433 e. The number of carbonyl (C=O) groups is 2. The number of rotatable bonds is 14. The van der Waals surface area contributed by atoms with Crippen molar-refractivity contribution in [2.45, 2.75) is 90.6 Å². The molecular formula is C26H37BrN2O4. The Kier molecular flexibility index (Phi) is 11.6. The van der Waals surface area contributed by atoms with E-state index in [2.05, 4.69) is 33.3 Å². The number of amides is 1. The fourth-order valence-corrected chi connectivity index (χ4v) is 4.36. The lowest BCUT2D eigenvalue weighted by atomic mass is 10.1. The van der Waals surface area contributed by atoms with Crippen LogP contribution in [0.15, 0.2) is 45.7 Å². The van der Waals surface area contributed by atoms with Gasteiger partial charge in [0.1, 0.15) is 4.48 Å². The van der Waals surface area contributed by atoms with Gasteiger partial charge in [-0.25, -0.2) is 4.79 Å². The number of unbranched alkanes of at least 4 members (excludes halogenated alkanes) is 9. The van der Waals surface area contributed by atoms with E-state index in [0.717, 1.165) is 12.8 Å². The number of oxime groups is 1. The highest BCUT2D eigenvalue weighted by molar-refractivity contribution is 9.12. The maximum absolute atomic E-state index is 12.4. The topological polar surface area (TPSA) is 77.0 Å². The molecule has 1 aromatic carbocycles. The summed E-state index contributed by atoms with van der Waals surface area (Å²) >= 11 is 3.31. The molecule has 1 aromatic rings. The Morgan fingerprint density at radius 2 is 1.58 bits per heavy atom. The maximum atomic E-state index is 12.4. The Bertz CT molecular complexity index is 834. The van der Waals surface area contributed by atoms with E-state index in [1.54, 1.807) is 13.8 Å². The molecule has 7 heteroatoms. The zero-order valence-electron chi connectivity index (χ0n) is 20.1. The molecule has 0 radical (unpaired) electrons. The molecule has 0 saturated carbocycles. The minimum atomic E-state index is -1.01. The summed E-state index contributed by atoms with van der Waals surface area (Å²) in [4.78, 5) is 29.7. The number of hydrogen-bond donors (Lipinski definition) is 1. The van der Waals surface area contributed by atoms with Gasteiger partial charge in [0, 0.05) is 12.1 Å². The first kappa shape index (κ1) is 27.1. The molecule has 0 fully saturated rings. The van der Waals surface area contributed by atoms with Crippen molar-refractivity contribution in [1.82, 2.24) is 5.32 Å². The van der Waals surface area contributed by atoms with Crippen LogP contribution in [0.4, 0.5) is 4.79 Å². The van der Waals surface area contributed by atoms with E-state index in [9.17, 15) is 9.59 Å². The SMILES string of the molecule is CCCCCCCCCCCCNC(=O)O/N=C(\C1=C(Br)C(=O)C(C)(C)O1)c1ccccc1. The van der Waals surface area contributed by atoms with Gasteiger partial charge in [-0.1, -0.05) is 100 Å². The van der Waals surface area contributed by atoms with Gasteiger partial charge < -0.3 is 10.1 Å². The number of ketones is 1. The highest BCUT2D eigenvalue weighted by atomic mass is 79.9. The fourth-order valence-electron chi connectivity index (χ4n) is 3.61. The van der Waals surface area contributed by atoms with Gasteiger partial charge in [0.05, 0.1) is 0 Å². The van der Waals surface area contributed by atoms with Gasteiger partial charge in [-0.2, -0.15) is 0 Å². The third-order valence-electron chi connectivity index (χ3n) is 5.58. The third-order valence-corrected chi connectivity index (χ3v) is 6.30. The van der Waals surface area contributed by atoms with Crippen molar-refractivity contribution in [1.29, 1.82) is 0 Å². The number of allylic oxidation sites excluding steroid dienone is 1. The Morgan fingerprint density at radius 1 is 1.00 bits per heavy atom. The van der Waals surface area contributed by atoms with E-state index >= 15 is 0 Å². The molecule has 0 aromatic heterocycles. The van der Waals surface area contributed by atoms with Gasteiger partial charge in [0.25, 0.3) is 0 Å². The normalized spacial score (nSPS) is 15.5. The molecule has 1 amide bonds. The highest BCUT2D eigenvalue weighted by Crippen LogP contribution is 2.35. The van der Waals surface area contributed by atoms with Crippen molar-refractivity contribution < 1.29 is 19.2 Å². The number of nitrogens with one attached hydrogen (secondary N) is 1.